The Kier molecular flexibility index (Phi) is 5.69. The first-order valence-corrected chi connectivity index (χ1v) is 8.66. The van der Waals surface area contributed by atoms with Crippen molar-refractivity contribution in [2.24, 2.45) is 7.05 Å². The number of carbonyl (C=O) groups excluding carboxylic acids is 1. The van der Waals surface area contributed by atoms with Crippen molar-refractivity contribution in [3.63, 3.8) is 0 Å². The number of hydrogen-bond donors (Lipinski definition) is 1. The summed E-state index contributed by atoms with van der Waals surface area (Å²) in [5, 5.41) is 17.7. The molecule has 0 fully saturated rings. The Balaban J connectivity index is 1.59. The second-order valence-electron chi connectivity index (χ2n) is 6.30. The Morgan fingerprint density at radius 2 is 2.00 bits per heavy atom. The van der Waals surface area contributed by atoms with Crippen LogP contribution in [0.3, 0.4) is 0 Å². The minimum atomic E-state index is -0.459. The first-order valence-electron chi connectivity index (χ1n) is 8.66. The van der Waals surface area contributed by atoms with E-state index >= 15 is 0 Å². The Morgan fingerprint density at radius 1 is 1.25 bits per heavy atom. The molecule has 28 heavy (non-hydrogen) atoms. The van der Waals surface area contributed by atoms with E-state index in [9.17, 15) is 14.9 Å². The first kappa shape index (κ1) is 19.1. The Morgan fingerprint density at radius 3 is 2.64 bits per heavy atom. The predicted molar refractivity (Wildman–Crippen MR) is 103 cm³/mol. The molecule has 8 heteroatoms. The van der Waals surface area contributed by atoms with Crippen LogP contribution in [-0.4, -0.2) is 20.6 Å². The molecule has 3 aromatic rings. The van der Waals surface area contributed by atoms with E-state index in [1.54, 1.807) is 41.2 Å². The Bertz CT molecular complexity index is 996. The quantitative estimate of drug-likeness (QED) is 0.501. The predicted octanol–water partition coefficient (Wildman–Crippen LogP) is 3.15. The van der Waals surface area contributed by atoms with Crippen LogP contribution in [0.15, 0.2) is 54.7 Å². The fourth-order valence-electron chi connectivity index (χ4n) is 2.63. The summed E-state index contributed by atoms with van der Waals surface area (Å²) >= 11 is 0. The molecule has 0 bridgehead atoms. The van der Waals surface area contributed by atoms with E-state index in [1.807, 2.05) is 20.0 Å². The van der Waals surface area contributed by atoms with Gasteiger partial charge in [0, 0.05) is 42.5 Å². The summed E-state index contributed by atoms with van der Waals surface area (Å²) in [6.07, 6.45) is 1.74. The van der Waals surface area contributed by atoms with Crippen LogP contribution in [0, 0.1) is 17.0 Å². The molecule has 8 nitrogen and oxygen atoms in total. The Labute approximate surface area is 161 Å². The van der Waals surface area contributed by atoms with E-state index < -0.39 is 4.92 Å². The second kappa shape index (κ2) is 8.34. The lowest BCUT2D eigenvalue weighted by molar-refractivity contribution is -0.384. The van der Waals surface area contributed by atoms with Gasteiger partial charge in [-0.25, -0.2) is 0 Å². The molecule has 0 aliphatic heterocycles. The van der Waals surface area contributed by atoms with Gasteiger partial charge in [-0.1, -0.05) is 12.1 Å². The molecule has 0 spiro atoms. The maximum absolute atomic E-state index is 12.4. The van der Waals surface area contributed by atoms with Gasteiger partial charge in [-0.2, -0.15) is 5.10 Å². The normalized spacial score (nSPS) is 10.5. The maximum atomic E-state index is 12.4. The number of non-ortho nitro benzene ring substituents is 1. The van der Waals surface area contributed by atoms with Gasteiger partial charge in [-0.15, -0.1) is 0 Å². The number of ether oxygens (including phenoxy) is 1. The Hall–Kier alpha value is -3.68. The lowest BCUT2D eigenvalue weighted by Crippen LogP contribution is -2.23. The monoisotopic (exact) mass is 380 g/mol. The number of nitrogens with one attached hydrogen (secondary N) is 1. The topological polar surface area (TPSA) is 99.3 Å². The molecule has 0 atom stereocenters. The van der Waals surface area contributed by atoms with E-state index in [4.69, 9.17) is 4.74 Å². The van der Waals surface area contributed by atoms with Gasteiger partial charge in [0.2, 0.25) is 0 Å². The van der Waals surface area contributed by atoms with Gasteiger partial charge in [-0.05, 0) is 36.8 Å². The fourth-order valence-corrected chi connectivity index (χ4v) is 2.63. The zero-order chi connectivity index (χ0) is 20.1. The average molecular weight is 380 g/mol. The summed E-state index contributed by atoms with van der Waals surface area (Å²) in [5.74, 6) is 0.341. The van der Waals surface area contributed by atoms with Crippen LogP contribution in [0.2, 0.25) is 0 Å². The number of nitro benzene ring substituents is 1. The molecule has 3 rings (SSSR count). The minimum absolute atomic E-state index is 0.00914. The number of rotatable bonds is 7. The van der Waals surface area contributed by atoms with Crippen LogP contribution in [0.25, 0.3) is 0 Å². The number of amides is 1. The van der Waals surface area contributed by atoms with Crippen molar-refractivity contribution in [3.8, 4) is 5.75 Å². The second-order valence-corrected chi connectivity index (χ2v) is 6.30. The molecule has 0 aliphatic carbocycles. The molecule has 1 N–H and O–H groups in total. The van der Waals surface area contributed by atoms with Gasteiger partial charge in [0.05, 0.1) is 11.1 Å². The number of nitro groups is 1. The summed E-state index contributed by atoms with van der Waals surface area (Å²) in [6, 6.07) is 13.0. The van der Waals surface area contributed by atoms with Crippen LogP contribution >= 0.6 is 0 Å². The molecule has 0 aliphatic rings. The van der Waals surface area contributed by atoms with Crippen molar-refractivity contribution in [1.82, 2.24) is 15.1 Å². The summed E-state index contributed by atoms with van der Waals surface area (Å²) in [6.45, 7) is 2.60. The van der Waals surface area contributed by atoms with Gasteiger partial charge in [0.1, 0.15) is 12.4 Å². The van der Waals surface area contributed by atoms with Crippen molar-refractivity contribution in [2.75, 3.05) is 0 Å². The third-order valence-electron chi connectivity index (χ3n) is 4.42. The molecule has 0 saturated carbocycles. The molecule has 1 heterocycles. The smallest absolute Gasteiger partial charge is 0.269 e. The van der Waals surface area contributed by atoms with Gasteiger partial charge in [-0.3, -0.25) is 19.6 Å². The van der Waals surface area contributed by atoms with E-state index in [1.165, 1.54) is 12.1 Å². The largest absolute Gasteiger partial charge is 0.489 e. The zero-order valence-corrected chi connectivity index (χ0v) is 15.6. The molecule has 0 unspecified atom stereocenters. The molecule has 2 aromatic carbocycles. The third kappa shape index (κ3) is 4.53. The van der Waals surface area contributed by atoms with Gasteiger partial charge in [0.15, 0.2) is 0 Å². The van der Waals surface area contributed by atoms with Crippen molar-refractivity contribution in [2.45, 2.75) is 20.1 Å². The van der Waals surface area contributed by atoms with E-state index in [0.29, 0.717) is 17.9 Å². The zero-order valence-electron chi connectivity index (χ0n) is 15.6. The highest BCUT2D eigenvalue weighted by Crippen LogP contribution is 2.18. The number of hydrogen-bond acceptors (Lipinski definition) is 5. The lowest BCUT2D eigenvalue weighted by atomic mass is 10.1. The average Bonchev–Trinajstić information content (AvgIpc) is 3.03. The number of aromatic nitrogens is 2. The molecule has 1 amide bonds. The van der Waals surface area contributed by atoms with Crippen molar-refractivity contribution in [1.29, 1.82) is 0 Å². The lowest BCUT2D eigenvalue weighted by Gasteiger charge is -2.09. The van der Waals surface area contributed by atoms with Crippen LogP contribution < -0.4 is 10.1 Å². The highest BCUT2D eigenvalue weighted by molar-refractivity contribution is 5.94. The highest BCUT2D eigenvalue weighted by Gasteiger charge is 2.10. The summed E-state index contributed by atoms with van der Waals surface area (Å²) in [5.41, 5.74) is 3.34. The van der Waals surface area contributed by atoms with Gasteiger partial charge >= 0.3 is 0 Å². The standard InChI is InChI=1S/C20H20N4O4/c1-14-17(12-22-23(14)2)11-21-20(25)16-5-3-4-15(10-16)13-28-19-8-6-18(7-9-19)24(26)27/h3-10,12H,11,13H2,1-2H3,(H,21,25). The van der Waals surface area contributed by atoms with E-state index in [-0.39, 0.29) is 18.2 Å². The van der Waals surface area contributed by atoms with Crippen molar-refractivity contribution < 1.29 is 14.5 Å². The van der Waals surface area contributed by atoms with Gasteiger partial charge in [0.25, 0.3) is 11.6 Å². The molecule has 144 valence electrons. The number of benzene rings is 2. The molecule has 0 saturated heterocycles. The fraction of sp³-hybridized carbons (Fsp3) is 0.200. The molecular weight excluding hydrogens is 360 g/mol. The number of carbonyl (C=O) groups is 1. The van der Waals surface area contributed by atoms with Crippen LogP contribution in [-0.2, 0) is 20.2 Å². The number of nitrogens with zero attached hydrogens (tertiary/aromatic N) is 3. The maximum Gasteiger partial charge on any atom is 0.269 e. The van der Waals surface area contributed by atoms with E-state index in [2.05, 4.69) is 10.4 Å². The van der Waals surface area contributed by atoms with Crippen LogP contribution in [0.4, 0.5) is 5.69 Å². The minimum Gasteiger partial charge on any atom is -0.489 e. The number of aryl methyl sites for hydroxylation is 1. The summed E-state index contributed by atoms with van der Waals surface area (Å²) in [7, 11) is 1.86. The molecular formula is C20H20N4O4. The summed E-state index contributed by atoms with van der Waals surface area (Å²) < 4.78 is 7.41. The highest BCUT2D eigenvalue weighted by atomic mass is 16.6. The van der Waals surface area contributed by atoms with Crippen molar-refractivity contribution in [3.05, 3.63) is 87.2 Å². The van der Waals surface area contributed by atoms with Crippen LogP contribution in [0.1, 0.15) is 27.2 Å². The van der Waals surface area contributed by atoms with Crippen LogP contribution in [0.5, 0.6) is 5.75 Å². The first-order chi connectivity index (χ1) is 13.4. The molecule has 0 radical (unpaired) electrons. The molecule has 1 aromatic heterocycles. The van der Waals surface area contributed by atoms with E-state index in [0.717, 1.165) is 16.8 Å². The van der Waals surface area contributed by atoms with Crippen molar-refractivity contribution >= 4 is 11.6 Å². The third-order valence-corrected chi connectivity index (χ3v) is 4.42. The van der Waals surface area contributed by atoms with Gasteiger partial charge < -0.3 is 10.1 Å². The summed E-state index contributed by atoms with van der Waals surface area (Å²) in [4.78, 5) is 22.6. The SMILES string of the molecule is Cc1c(CNC(=O)c2cccc(COc3ccc([N+](=O)[O-])cc3)c2)cnn1C.